The lowest BCUT2D eigenvalue weighted by Gasteiger charge is -2.27. The second-order valence-corrected chi connectivity index (χ2v) is 8.84. The summed E-state index contributed by atoms with van der Waals surface area (Å²) in [7, 11) is 0. The van der Waals surface area contributed by atoms with Gasteiger partial charge < -0.3 is 11.1 Å². The van der Waals surface area contributed by atoms with Crippen molar-refractivity contribution >= 4 is 34.8 Å². The second kappa shape index (κ2) is 7.17. The van der Waals surface area contributed by atoms with E-state index in [0.29, 0.717) is 39.3 Å². The molecule has 33 heavy (non-hydrogen) atoms. The first kappa shape index (κ1) is 20.0. The Morgan fingerprint density at radius 1 is 1.24 bits per heavy atom. The zero-order chi connectivity index (χ0) is 22.7. The predicted octanol–water partition coefficient (Wildman–Crippen LogP) is 2.81. The van der Waals surface area contributed by atoms with Gasteiger partial charge >= 0.3 is 0 Å². The van der Waals surface area contributed by atoms with E-state index in [0.717, 1.165) is 31.4 Å². The second-order valence-electron chi connectivity index (χ2n) is 8.41. The highest BCUT2D eigenvalue weighted by molar-refractivity contribution is 6.30. The van der Waals surface area contributed by atoms with Crippen molar-refractivity contribution in [3.8, 4) is 11.5 Å². The lowest BCUT2D eigenvalue weighted by atomic mass is 9.74. The van der Waals surface area contributed by atoms with Crippen LogP contribution in [0, 0.1) is 5.92 Å². The summed E-state index contributed by atoms with van der Waals surface area (Å²) in [6, 6.07) is 3.51. The molecule has 0 spiro atoms. The van der Waals surface area contributed by atoms with Crippen LogP contribution in [-0.2, 0) is 16.6 Å². The molecular formula is C22H20ClN9O. The molecule has 6 rings (SSSR count). The molecule has 1 amide bonds. The summed E-state index contributed by atoms with van der Waals surface area (Å²) < 4.78 is 1.66. The van der Waals surface area contributed by atoms with Crippen LogP contribution < -0.4 is 11.1 Å². The van der Waals surface area contributed by atoms with Gasteiger partial charge in [0.1, 0.15) is 29.1 Å². The average molecular weight is 462 g/mol. The van der Waals surface area contributed by atoms with Crippen molar-refractivity contribution in [1.29, 1.82) is 0 Å². The Balaban J connectivity index is 1.53. The van der Waals surface area contributed by atoms with Crippen LogP contribution in [0.5, 0.6) is 0 Å². The van der Waals surface area contributed by atoms with Crippen LogP contribution in [0.25, 0.3) is 17.2 Å². The standard InChI is InChI=1S/C22H20ClN9O/c1-2-3-13-20-26-10-27-32(20)9-14(28-13)18-29-17(24)16-19(30-18)31-21(33)22(16,11-4-5-11)15-7-6-12(23)8-25-15/h6-11H,2-5H2,1H3,(H3,24,29,30,31,33). The van der Waals surface area contributed by atoms with E-state index in [2.05, 4.69) is 37.3 Å². The maximum absolute atomic E-state index is 13.5. The van der Waals surface area contributed by atoms with E-state index < -0.39 is 5.41 Å². The predicted molar refractivity (Wildman–Crippen MR) is 122 cm³/mol. The number of nitrogen functional groups attached to an aromatic ring is 1. The van der Waals surface area contributed by atoms with Crippen LogP contribution in [0.1, 0.15) is 43.1 Å². The fourth-order valence-corrected chi connectivity index (χ4v) is 4.88. The zero-order valence-electron chi connectivity index (χ0n) is 17.8. The SMILES string of the molecule is CCCc1nc(-c2nc(N)c3c(n2)NC(=O)C3(c2ccc(Cl)cn2)C2CC2)cn2ncnc12. The summed E-state index contributed by atoms with van der Waals surface area (Å²) >= 11 is 6.05. The van der Waals surface area contributed by atoms with Gasteiger partial charge in [-0.05, 0) is 37.3 Å². The third kappa shape index (κ3) is 2.90. The highest BCUT2D eigenvalue weighted by atomic mass is 35.5. The smallest absolute Gasteiger partial charge is 0.242 e. The molecule has 4 aromatic rings. The Labute approximate surface area is 193 Å². The third-order valence-corrected chi connectivity index (χ3v) is 6.51. The van der Waals surface area contributed by atoms with Crippen LogP contribution in [0.2, 0.25) is 5.02 Å². The van der Waals surface area contributed by atoms with Crippen molar-refractivity contribution in [2.75, 3.05) is 11.1 Å². The number of halogens is 1. The molecule has 2 aliphatic rings. The Hall–Kier alpha value is -3.66. The van der Waals surface area contributed by atoms with Gasteiger partial charge in [-0.1, -0.05) is 24.9 Å². The van der Waals surface area contributed by atoms with E-state index in [1.54, 1.807) is 29.0 Å². The largest absolute Gasteiger partial charge is 0.383 e. The first-order chi connectivity index (χ1) is 16.0. The van der Waals surface area contributed by atoms with E-state index in [4.69, 9.17) is 22.3 Å². The monoisotopic (exact) mass is 461 g/mol. The molecule has 1 saturated carbocycles. The summed E-state index contributed by atoms with van der Waals surface area (Å²) in [5, 5.41) is 7.69. The third-order valence-electron chi connectivity index (χ3n) is 6.29. The number of anilines is 2. The van der Waals surface area contributed by atoms with E-state index >= 15 is 0 Å². The van der Waals surface area contributed by atoms with Crippen molar-refractivity contribution in [3.05, 3.63) is 52.8 Å². The maximum atomic E-state index is 13.5. The summed E-state index contributed by atoms with van der Waals surface area (Å²) in [5.74, 6) is 0.819. The van der Waals surface area contributed by atoms with Gasteiger partial charge in [0.15, 0.2) is 11.5 Å². The maximum Gasteiger partial charge on any atom is 0.242 e. The number of nitrogens with two attached hydrogens (primary N) is 1. The molecule has 1 aliphatic heterocycles. The van der Waals surface area contributed by atoms with E-state index in [1.807, 2.05) is 0 Å². The summed E-state index contributed by atoms with van der Waals surface area (Å²) in [4.78, 5) is 36.2. The first-order valence-corrected chi connectivity index (χ1v) is 11.2. The fraction of sp³-hybridized carbons (Fsp3) is 0.318. The molecule has 1 fully saturated rings. The van der Waals surface area contributed by atoms with Crippen molar-refractivity contribution in [2.24, 2.45) is 5.92 Å². The lowest BCUT2D eigenvalue weighted by Crippen LogP contribution is -2.39. The van der Waals surface area contributed by atoms with Crippen LogP contribution in [0.3, 0.4) is 0 Å². The topological polar surface area (TPSA) is 137 Å². The van der Waals surface area contributed by atoms with Gasteiger partial charge in [0, 0.05) is 6.20 Å². The molecule has 1 unspecified atom stereocenters. The number of amides is 1. The van der Waals surface area contributed by atoms with E-state index in [1.165, 1.54) is 6.33 Å². The highest BCUT2D eigenvalue weighted by Gasteiger charge is 2.60. The van der Waals surface area contributed by atoms with Gasteiger partial charge in [-0.2, -0.15) is 5.10 Å². The molecule has 1 aliphatic carbocycles. The van der Waals surface area contributed by atoms with Gasteiger partial charge in [0.2, 0.25) is 5.91 Å². The van der Waals surface area contributed by atoms with E-state index in [9.17, 15) is 4.79 Å². The van der Waals surface area contributed by atoms with E-state index in [-0.39, 0.29) is 17.6 Å². The molecule has 1 atom stereocenters. The quantitative estimate of drug-likeness (QED) is 0.462. The number of nitrogens with zero attached hydrogens (tertiary/aromatic N) is 7. The molecular weight excluding hydrogens is 442 g/mol. The molecule has 11 heteroatoms. The van der Waals surface area contributed by atoms with Gasteiger partial charge in [-0.15, -0.1) is 0 Å². The molecule has 0 bridgehead atoms. The number of fused-ring (bicyclic) bond motifs is 2. The highest BCUT2D eigenvalue weighted by Crippen LogP contribution is 2.57. The lowest BCUT2D eigenvalue weighted by molar-refractivity contribution is -0.120. The average Bonchev–Trinajstić information content (AvgIpc) is 3.45. The number of carbonyl (C=O) groups is 1. The normalized spacial score (nSPS) is 19.6. The van der Waals surface area contributed by atoms with Crippen molar-refractivity contribution in [2.45, 2.75) is 38.0 Å². The summed E-state index contributed by atoms with van der Waals surface area (Å²) in [5.41, 5.74) is 8.66. The summed E-state index contributed by atoms with van der Waals surface area (Å²) in [6.07, 6.45) is 8.17. The number of hydrogen-bond donors (Lipinski definition) is 2. The minimum atomic E-state index is -1.03. The molecule has 0 saturated heterocycles. The zero-order valence-corrected chi connectivity index (χ0v) is 18.5. The van der Waals surface area contributed by atoms with Crippen LogP contribution >= 0.6 is 11.6 Å². The van der Waals surface area contributed by atoms with Crippen molar-refractivity contribution < 1.29 is 4.79 Å². The first-order valence-electron chi connectivity index (χ1n) is 10.8. The molecule has 0 radical (unpaired) electrons. The van der Waals surface area contributed by atoms with Gasteiger partial charge in [0.05, 0.1) is 28.2 Å². The number of hydrogen-bond acceptors (Lipinski definition) is 8. The number of aromatic nitrogens is 7. The molecule has 4 aromatic heterocycles. The van der Waals surface area contributed by atoms with Crippen LogP contribution in [-0.4, -0.2) is 40.4 Å². The van der Waals surface area contributed by atoms with Gasteiger partial charge in [-0.3, -0.25) is 9.78 Å². The molecule has 3 N–H and O–H groups in total. The Morgan fingerprint density at radius 2 is 2.09 bits per heavy atom. The summed E-state index contributed by atoms with van der Waals surface area (Å²) in [6.45, 7) is 2.07. The molecule has 10 nitrogen and oxygen atoms in total. The fourth-order valence-electron chi connectivity index (χ4n) is 4.76. The minimum Gasteiger partial charge on any atom is -0.383 e. The number of nitrogens with one attached hydrogen (secondary N) is 1. The van der Waals surface area contributed by atoms with Crippen molar-refractivity contribution in [1.82, 2.24) is 34.5 Å². The number of rotatable bonds is 5. The van der Waals surface area contributed by atoms with Crippen molar-refractivity contribution in [3.63, 3.8) is 0 Å². The van der Waals surface area contributed by atoms with Crippen LogP contribution in [0.15, 0.2) is 30.9 Å². The Bertz CT molecular complexity index is 1410. The molecule has 166 valence electrons. The van der Waals surface area contributed by atoms with Gasteiger partial charge in [-0.25, -0.2) is 24.5 Å². The molecule has 0 aromatic carbocycles. The molecule has 5 heterocycles. The Morgan fingerprint density at radius 3 is 2.82 bits per heavy atom. The number of pyridine rings is 1. The minimum absolute atomic E-state index is 0.0740. The van der Waals surface area contributed by atoms with Gasteiger partial charge in [0.25, 0.3) is 0 Å². The number of aryl methyl sites for hydroxylation is 1. The number of carbonyl (C=O) groups excluding carboxylic acids is 1. The van der Waals surface area contributed by atoms with Crippen LogP contribution in [0.4, 0.5) is 11.6 Å². The Kier molecular flexibility index (Phi) is 4.34.